The van der Waals surface area contributed by atoms with Crippen LogP contribution < -0.4 is 10.2 Å². The van der Waals surface area contributed by atoms with E-state index in [-0.39, 0.29) is 6.54 Å². The van der Waals surface area contributed by atoms with Crippen LogP contribution in [0.3, 0.4) is 0 Å². The molecule has 2 aromatic rings. The minimum Gasteiger partial charge on any atom is -0.390 e. The van der Waals surface area contributed by atoms with E-state index in [2.05, 4.69) is 27.2 Å². The molecule has 2 saturated heterocycles. The normalized spacial score (nSPS) is 22.9. The van der Waals surface area contributed by atoms with E-state index in [1.165, 1.54) is 11.8 Å². The van der Waals surface area contributed by atoms with Gasteiger partial charge in [0.15, 0.2) is 0 Å². The summed E-state index contributed by atoms with van der Waals surface area (Å²) in [6.07, 6.45) is -0.851. The van der Waals surface area contributed by atoms with Gasteiger partial charge in [-0.2, -0.15) is 0 Å². The predicted octanol–water partition coefficient (Wildman–Crippen LogP) is 2.94. The van der Waals surface area contributed by atoms with Crippen LogP contribution in [0.25, 0.3) is 0 Å². The third-order valence-electron chi connectivity index (χ3n) is 6.10. The molecule has 2 N–H and O–H groups in total. The van der Waals surface area contributed by atoms with Crippen molar-refractivity contribution in [2.75, 3.05) is 44.2 Å². The number of hydrogen-bond acceptors (Lipinski definition) is 5. The molecular weight excluding hydrogens is 451 g/mol. The van der Waals surface area contributed by atoms with Gasteiger partial charge in [0.05, 0.1) is 12.6 Å². The Kier molecular flexibility index (Phi) is 6.62. The van der Waals surface area contributed by atoms with Crippen LogP contribution in [0.5, 0.6) is 0 Å². The quantitative estimate of drug-likeness (QED) is 0.626. The molecule has 0 saturated carbocycles. The van der Waals surface area contributed by atoms with Crippen LogP contribution in [-0.2, 0) is 10.3 Å². The molecular formula is C23H26Cl2N4O3. The molecule has 170 valence electrons. The number of imide groups is 1. The van der Waals surface area contributed by atoms with Gasteiger partial charge < -0.3 is 15.3 Å². The van der Waals surface area contributed by atoms with E-state index in [4.69, 9.17) is 23.2 Å². The highest BCUT2D eigenvalue weighted by molar-refractivity contribution is 6.35. The zero-order valence-corrected chi connectivity index (χ0v) is 19.3. The second kappa shape index (κ2) is 9.27. The van der Waals surface area contributed by atoms with Gasteiger partial charge in [-0.25, -0.2) is 4.79 Å². The number of halogens is 2. The Labute approximate surface area is 197 Å². The number of piperazine rings is 1. The van der Waals surface area contributed by atoms with Crippen molar-refractivity contribution < 1.29 is 14.7 Å². The highest BCUT2D eigenvalue weighted by atomic mass is 35.5. The Morgan fingerprint density at radius 1 is 1.03 bits per heavy atom. The molecule has 3 amide bonds. The highest BCUT2D eigenvalue weighted by Gasteiger charge is 2.50. The van der Waals surface area contributed by atoms with E-state index in [0.717, 1.165) is 31.1 Å². The van der Waals surface area contributed by atoms with Crippen LogP contribution >= 0.6 is 23.2 Å². The largest absolute Gasteiger partial charge is 0.390 e. The summed E-state index contributed by atoms with van der Waals surface area (Å²) in [6, 6.07) is 14.5. The van der Waals surface area contributed by atoms with Crippen molar-refractivity contribution >= 4 is 40.8 Å². The molecule has 0 aliphatic carbocycles. The molecule has 0 radical (unpaired) electrons. The van der Waals surface area contributed by atoms with Gasteiger partial charge in [-0.15, -0.1) is 0 Å². The van der Waals surface area contributed by atoms with Gasteiger partial charge in [0.2, 0.25) is 0 Å². The first-order chi connectivity index (χ1) is 15.3. The molecule has 2 aliphatic heterocycles. The SMILES string of the molecule is C[C@]1(c2ccc(Cl)cc2Cl)NC(=O)N(C[C@H](O)CN2CCN(c3ccccc3)CC2)C1=O. The predicted molar refractivity (Wildman–Crippen MR) is 125 cm³/mol. The van der Waals surface area contributed by atoms with Gasteiger partial charge >= 0.3 is 6.03 Å². The second-order valence-electron chi connectivity index (χ2n) is 8.37. The van der Waals surface area contributed by atoms with Crippen molar-refractivity contribution in [3.8, 4) is 0 Å². The minimum atomic E-state index is -1.31. The summed E-state index contributed by atoms with van der Waals surface area (Å²) in [5, 5.41) is 14.1. The summed E-state index contributed by atoms with van der Waals surface area (Å²) < 4.78 is 0. The van der Waals surface area contributed by atoms with E-state index < -0.39 is 23.6 Å². The highest BCUT2D eigenvalue weighted by Crippen LogP contribution is 2.35. The van der Waals surface area contributed by atoms with Crippen molar-refractivity contribution in [2.24, 2.45) is 0 Å². The number of amides is 3. The monoisotopic (exact) mass is 476 g/mol. The van der Waals surface area contributed by atoms with Crippen LogP contribution in [0, 0.1) is 0 Å². The van der Waals surface area contributed by atoms with Crippen LogP contribution in [0.2, 0.25) is 10.0 Å². The standard InChI is InChI=1S/C23H26Cl2N4O3/c1-23(19-8-7-16(24)13-20(19)25)21(31)29(22(32)26-23)15-18(30)14-27-9-11-28(12-10-27)17-5-3-2-4-6-17/h2-8,13,18,30H,9-12,14-15H2,1H3,(H,26,32)/t18-,23-/m1/s1. The maximum Gasteiger partial charge on any atom is 0.325 e. The second-order valence-corrected chi connectivity index (χ2v) is 9.22. The summed E-state index contributed by atoms with van der Waals surface area (Å²) in [5.74, 6) is -0.445. The van der Waals surface area contributed by atoms with E-state index in [1.807, 2.05) is 18.2 Å². The van der Waals surface area contributed by atoms with E-state index >= 15 is 0 Å². The number of carbonyl (C=O) groups excluding carboxylic acids is 2. The van der Waals surface area contributed by atoms with Crippen LogP contribution in [-0.4, -0.2) is 72.2 Å². The maximum atomic E-state index is 13.1. The first kappa shape index (κ1) is 22.9. The Balaban J connectivity index is 1.35. The van der Waals surface area contributed by atoms with Gasteiger partial charge in [-0.05, 0) is 31.2 Å². The summed E-state index contributed by atoms with van der Waals surface area (Å²) in [5.41, 5.74) is 0.350. The number of aliphatic hydroxyl groups excluding tert-OH is 1. The fourth-order valence-electron chi connectivity index (χ4n) is 4.33. The Bertz CT molecular complexity index is 998. The Morgan fingerprint density at radius 3 is 2.38 bits per heavy atom. The summed E-state index contributed by atoms with van der Waals surface area (Å²) in [4.78, 5) is 31.2. The van der Waals surface area contributed by atoms with E-state index in [0.29, 0.717) is 22.2 Å². The van der Waals surface area contributed by atoms with Crippen molar-refractivity contribution in [3.63, 3.8) is 0 Å². The van der Waals surface area contributed by atoms with Gasteiger partial charge in [-0.3, -0.25) is 14.6 Å². The van der Waals surface area contributed by atoms with Gasteiger partial charge in [0, 0.05) is 54.0 Å². The molecule has 0 aromatic heterocycles. The third-order valence-corrected chi connectivity index (χ3v) is 6.65. The lowest BCUT2D eigenvalue weighted by Crippen LogP contribution is -2.50. The molecule has 2 atom stereocenters. The molecule has 2 heterocycles. The van der Waals surface area contributed by atoms with Crippen molar-refractivity contribution in [1.82, 2.24) is 15.1 Å². The number of carbonyl (C=O) groups is 2. The fraction of sp³-hybridized carbons (Fsp3) is 0.391. The molecule has 7 nitrogen and oxygen atoms in total. The molecule has 9 heteroatoms. The van der Waals surface area contributed by atoms with Crippen LogP contribution in [0.1, 0.15) is 12.5 Å². The Morgan fingerprint density at radius 2 is 1.72 bits per heavy atom. The average molecular weight is 477 g/mol. The molecule has 2 fully saturated rings. The fourth-order valence-corrected chi connectivity index (χ4v) is 4.93. The first-order valence-corrected chi connectivity index (χ1v) is 11.3. The molecule has 4 rings (SSSR count). The molecule has 32 heavy (non-hydrogen) atoms. The lowest BCUT2D eigenvalue weighted by Gasteiger charge is -2.37. The third kappa shape index (κ3) is 4.57. The summed E-state index contributed by atoms with van der Waals surface area (Å²) >= 11 is 12.2. The number of nitrogens with one attached hydrogen (secondary N) is 1. The molecule has 0 unspecified atom stereocenters. The van der Waals surface area contributed by atoms with E-state index in [1.54, 1.807) is 19.1 Å². The number of anilines is 1. The number of urea groups is 1. The van der Waals surface area contributed by atoms with Crippen molar-refractivity contribution in [1.29, 1.82) is 0 Å². The summed E-state index contributed by atoms with van der Waals surface area (Å²) in [7, 11) is 0. The number of benzene rings is 2. The average Bonchev–Trinajstić information content (AvgIpc) is 2.98. The molecule has 2 aliphatic rings. The van der Waals surface area contributed by atoms with Gasteiger partial charge in [0.1, 0.15) is 5.54 Å². The first-order valence-electron chi connectivity index (χ1n) is 10.6. The number of nitrogens with zero attached hydrogens (tertiary/aromatic N) is 3. The number of rotatable bonds is 6. The van der Waals surface area contributed by atoms with E-state index in [9.17, 15) is 14.7 Å². The summed E-state index contributed by atoms with van der Waals surface area (Å²) in [6.45, 7) is 5.22. The minimum absolute atomic E-state index is 0.0790. The van der Waals surface area contributed by atoms with Crippen molar-refractivity contribution in [3.05, 3.63) is 64.1 Å². The zero-order chi connectivity index (χ0) is 22.9. The Hall–Kier alpha value is -2.32. The van der Waals surface area contributed by atoms with Gasteiger partial charge in [0.25, 0.3) is 5.91 Å². The number of hydrogen-bond donors (Lipinski definition) is 2. The zero-order valence-electron chi connectivity index (χ0n) is 17.8. The number of para-hydroxylation sites is 1. The lowest BCUT2D eigenvalue weighted by molar-refractivity contribution is -0.132. The van der Waals surface area contributed by atoms with Gasteiger partial charge in [-0.1, -0.05) is 47.5 Å². The maximum absolute atomic E-state index is 13.1. The molecule has 0 spiro atoms. The molecule has 2 aromatic carbocycles. The lowest BCUT2D eigenvalue weighted by atomic mass is 9.92. The topological polar surface area (TPSA) is 76.1 Å². The smallest absolute Gasteiger partial charge is 0.325 e. The number of β-amino-alcohol motifs (C(OH)–C–C–N with tert-alkyl or cyclic N) is 1. The van der Waals surface area contributed by atoms with Crippen molar-refractivity contribution in [2.45, 2.75) is 18.6 Å². The number of aliphatic hydroxyl groups is 1. The molecule has 0 bridgehead atoms. The van der Waals surface area contributed by atoms with Crippen LogP contribution in [0.4, 0.5) is 10.5 Å². The van der Waals surface area contributed by atoms with Crippen LogP contribution in [0.15, 0.2) is 48.5 Å².